The predicted octanol–water partition coefficient (Wildman–Crippen LogP) is 2.56. The Kier molecular flexibility index (Phi) is 5.07. The van der Waals surface area contributed by atoms with Gasteiger partial charge < -0.3 is 14.9 Å². The van der Waals surface area contributed by atoms with E-state index in [4.69, 9.17) is 9.79 Å². The van der Waals surface area contributed by atoms with Gasteiger partial charge in [-0.05, 0) is 61.5 Å². The number of carbonyl (C=O) groups is 2. The molecule has 0 spiro atoms. The van der Waals surface area contributed by atoms with E-state index in [0.29, 0.717) is 12.8 Å². The van der Waals surface area contributed by atoms with E-state index in [-0.39, 0.29) is 40.7 Å². The zero-order valence-electron chi connectivity index (χ0n) is 16.8. The van der Waals surface area contributed by atoms with Crippen molar-refractivity contribution < 1.29 is 33.6 Å². The van der Waals surface area contributed by atoms with Crippen molar-refractivity contribution >= 4 is 19.4 Å². The number of aliphatic hydroxyl groups is 1. The van der Waals surface area contributed by atoms with Gasteiger partial charge in [-0.15, -0.1) is 0 Å². The SMILES string of the molecule is C[C@]12C=CC(=O)C=C1CC[C@@H]1C2[C@@H](O)C[C@@]2(C)C1CC[C@@H]2C(=O)COP(=O)(O)O. The second-order valence-corrected chi connectivity index (χ2v) is 10.9. The second-order valence-electron chi connectivity index (χ2n) is 9.66. The molecule has 4 rings (SSSR count). The van der Waals surface area contributed by atoms with Crippen LogP contribution in [0.2, 0.25) is 0 Å². The molecule has 0 aromatic heterocycles. The summed E-state index contributed by atoms with van der Waals surface area (Å²) >= 11 is 0. The van der Waals surface area contributed by atoms with Gasteiger partial charge in [-0.2, -0.15) is 0 Å². The van der Waals surface area contributed by atoms with Gasteiger partial charge in [0.25, 0.3) is 0 Å². The molecule has 3 fully saturated rings. The molecule has 3 N–H and O–H groups in total. The van der Waals surface area contributed by atoms with Crippen molar-refractivity contribution in [3.05, 3.63) is 23.8 Å². The first-order valence-corrected chi connectivity index (χ1v) is 11.8. The summed E-state index contributed by atoms with van der Waals surface area (Å²) in [6.07, 6.45) is 8.34. The minimum Gasteiger partial charge on any atom is -0.393 e. The van der Waals surface area contributed by atoms with Crippen LogP contribution in [0.3, 0.4) is 0 Å². The Balaban J connectivity index is 1.60. The van der Waals surface area contributed by atoms with E-state index < -0.39 is 25.9 Å². The topological polar surface area (TPSA) is 121 Å². The highest BCUT2D eigenvalue weighted by atomic mass is 31.2. The lowest BCUT2D eigenvalue weighted by Crippen LogP contribution is -2.56. The molecule has 7 nitrogen and oxygen atoms in total. The molecular formula is C21H29O7P. The Hall–Kier alpha value is -1.11. The Labute approximate surface area is 170 Å². The first-order chi connectivity index (χ1) is 13.5. The van der Waals surface area contributed by atoms with E-state index in [0.717, 1.165) is 24.8 Å². The van der Waals surface area contributed by atoms with Gasteiger partial charge in [0.2, 0.25) is 0 Å². The van der Waals surface area contributed by atoms with E-state index in [1.165, 1.54) is 0 Å². The predicted molar refractivity (Wildman–Crippen MR) is 104 cm³/mol. The van der Waals surface area contributed by atoms with Gasteiger partial charge in [0.05, 0.1) is 6.10 Å². The number of phosphoric ester groups is 1. The lowest BCUT2D eigenvalue weighted by Gasteiger charge is -2.58. The smallest absolute Gasteiger partial charge is 0.393 e. The first-order valence-electron chi connectivity index (χ1n) is 10.3. The lowest BCUT2D eigenvalue weighted by molar-refractivity contribution is -0.141. The van der Waals surface area contributed by atoms with E-state index in [9.17, 15) is 19.3 Å². The molecule has 3 saturated carbocycles. The van der Waals surface area contributed by atoms with Crippen molar-refractivity contribution in [1.82, 2.24) is 0 Å². The average Bonchev–Trinajstić information content (AvgIpc) is 2.96. The molecule has 0 aromatic rings. The second kappa shape index (κ2) is 6.96. The van der Waals surface area contributed by atoms with E-state index in [1.807, 2.05) is 13.0 Å². The average molecular weight is 424 g/mol. The summed E-state index contributed by atoms with van der Waals surface area (Å²) in [6, 6.07) is 0. The summed E-state index contributed by atoms with van der Waals surface area (Å²) in [7, 11) is -4.70. The van der Waals surface area contributed by atoms with Gasteiger partial charge in [-0.1, -0.05) is 25.5 Å². The molecule has 160 valence electrons. The maximum Gasteiger partial charge on any atom is 0.470 e. The van der Waals surface area contributed by atoms with Crippen LogP contribution >= 0.6 is 7.82 Å². The third-order valence-corrected chi connectivity index (χ3v) is 8.72. The van der Waals surface area contributed by atoms with Gasteiger partial charge in [0.1, 0.15) is 6.61 Å². The Morgan fingerprint density at radius 1 is 1.28 bits per heavy atom. The van der Waals surface area contributed by atoms with E-state index in [2.05, 4.69) is 11.4 Å². The van der Waals surface area contributed by atoms with Crippen LogP contribution in [0.1, 0.15) is 46.0 Å². The molecule has 7 atom stereocenters. The van der Waals surface area contributed by atoms with Crippen LogP contribution in [-0.4, -0.2) is 39.2 Å². The highest BCUT2D eigenvalue weighted by molar-refractivity contribution is 7.46. The van der Waals surface area contributed by atoms with Crippen molar-refractivity contribution in [2.24, 2.45) is 34.5 Å². The first kappa shape index (κ1) is 21.1. The van der Waals surface area contributed by atoms with Crippen molar-refractivity contribution in [2.45, 2.75) is 52.1 Å². The van der Waals surface area contributed by atoms with Gasteiger partial charge in [0, 0.05) is 17.3 Å². The quantitative estimate of drug-likeness (QED) is 0.593. The Morgan fingerprint density at radius 2 is 2.00 bits per heavy atom. The fraction of sp³-hybridized carbons (Fsp3) is 0.714. The molecule has 0 radical (unpaired) electrons. The third kappa shape index (κ3) is 3.41. The number of Topliss-reactive ketones (excluding diaryl/α,β-unsaturated/α-hetero) is 1. The Morgan fingerprint density at radius 3 is 2.69 bits per heavy atom. The monoisotopic (exact) mass is 424 g/mol. The maximum atomic E-state index is 12.7. The lowest BCUT2D eigenvalue weighted by atomic mass is 9.46. The standard InChI is InChI=1S/C21H29O7P/c1-20-8-7-13(22)9-12(20)3-4-14-15-5-6-16(18(24)11-28-29(25,26)27)21(15,2)10-17(23)19(14)20/h7-9,14-17,19,23H,3-6,10-11H2,1-2H3,(H2,25,26,27)/t14-,15?,16+,17-,19?,20-,21-/m0/s1. The normalized spacial score (nSPS) is 44.0. The van der Waals surface area contributed by atoms with Crippen molar-refractivity contribution in [3.8, 4) is 0 Å². The van der Waals surface area contributed by atoms with Crippen LogP contribution in [0.4, 0.5) is 0 Å². The molecule has 0 heterocycles. The molecule has 0 aromatic carbocycles. The fourth-order valence-electron chi connectivity index (χ4n) is 7.10. The van der Waals surface area contributed by atoms with Crippen LogP contribution in [0.25, 0.3) is 0 Å². The molecule has 0 saturated heterocycles. The molecule has 4 aliphatic carbocycles. The number of hydrogen-bond donors (Lipinski definition) is 3. The van der Waals surface area contributed by atoms with Crippen LogP contribution < -0.4 is 0 Å². The number of hydrogen-bond acceptors (Lipinski definition) is 5. The van der Waals surface area contributed by atoms with Gasteiger partial charge in [0.15, 0.2) is 11.6 Å². The molecule has 0 bridgehead atoms. The number of allylic oxidation sites excluding steroid dienone is 4. The van der Waals surface area contributed by atoms with Crippen LogP contribution in [0, 0.1) is 34.5 Å². The molecule has 0 aliphatic heterocycles. The number of carbonyl (C=O) groups excluding carboxylic acids is 2. The van der Waals surface area contributed by atoms with Crippen LogP contribution in [-0.2, 0) is 18.7 Å². The number of ketones is 2. The highest BCUT2D eigenvalue weighted by Gasteiger charge is 2.62. The van der Waals surface area contributed by atoms with Crippen LogP contribution in [0.5, 0.6) is 0 Å². The third-order valence-electron chi connectivity index (χ3n) is 8.26. The zero-order chi connectivity index (χ0) is 21.2. The fourth-order valence-corrected chi connectivity index (χ4v) is 7.40. The van der Waals surface area contributed by atoms with E-state index >= 15 is 0 Å². The van der Waals surface area contributed by atoms with Crippen molar-refractivity contribution in [3.63, 3.8) is 0 Å². The van der Waals surface area contributed by atoms with Crippen molar-refractivity contribution in [1.29, 1.82) is 0 Å². The van der Waals surface area contributed by atoms with Crippen LogP contribution in [0.15, 0.2) is 23.8 Å². The van der Waals surface area contributed by atoms with Gasteiger partial charge in [-0.25, -0.2) is 4.57 Å². The number of phosphoric acid groups is 1. The van der Waals surface area contributed by atoms with E-state index in [1.54, 1.807) is 12.2 Å². The van der Waals surface area contributed by atoms with Gasteiger partial charge >= 0.3 is 7.82 Å². The molecule has 0 amide bonds. The summed E-state index contributed by atoms with van der Waals surface area (Å²) in [5.41, 5.74) is 0.333. The number of fused-ring (bicyclic) bond motifs is 5. The zero-order valence-corrected chi connectivity index (χ0v) is 17.7. The largest absolute Gasteiger partial charge is 0.470 e. The number of rotatable bonds is 4. The molecule has 4 aliphatic rings. The summed E-state index contributed by atoms with van der Waals surface area (Å²) in [5.74, 6) is -0.168. The molecule has 29 heavy (non-hydrogen) atoms. The molecule has 2 unspecified atom stereocenters. The molecule has 8 heteroatoms. The summed E-state index contributed by atoms with van der Waals surface area (Å²) < 4.78 is 15.5. The number of aliphatic hydroxyl groups excluding tert-OH is 1. The maximum absolute atomic E-state index is 12.7. The van der Waals surface area contributed by atoms with Crippen molar-refractivity contribution in [2.75, 3.05) is 6.61 Å². The summed E-state index contributed by atoms with van der Waals surface area (Å²) in [4.78, 5) is 42.4. The summed E-state index contributed by atoms with van der Waals surface area (Å²) in [5, 5.41) is 11.2. The summed E-state index contributed by atoms with van der Waals surface area (Å²) in [6.45, 7) is 3.55. The molecular weight excluding hydrogens is 395 g/mol. The minimum atomic E-state index is -4.70. The van der Waals surface area contributed by atoms with Gasteiger partial charge in [-0.3, -0.25) is 14.1 Å². The highest BCUT2D eigenvalue weighted by Crippen LogP contribution is 2.66. The minimum absolute atomic E-state index is 0.00245. The Bertz CT molecular complexity index is 842.